The highest BCUT2D eigenvalue weighted by Crippen LogP contribution is 2.13. The largest absolute Gasteiger partial charge is 0.465 e. The van der Waals surface area contributed by atoms with Crippen LogP contribution in [0.2, 0.25) is 0 Å². The number of benzene rings is 1. The average molecular weight is 279 g/mol. The zero-order valence-electron chi connectivity index (χ0n) is 10.4. The maximum absolute atomic E-state index is 13.7. The molecule has 7 nitrogen and oxygen atoms in total. The lowest BCUT2D eigenvalue weighted by Gasteiger charge is -2.03. The number of esters is 1. The smallest absolute Gasteiger partial charge is 0.389 e. The highest BCUT2D eigenvalue weighted by molar-refractivity contribution is 5.89. The van der Waals surface area contributed by atoms with Crippen molar-refractivity contribution in [3.8, 4) is 0 Å². The Morgan fingerprint density at radius 1 is 1.50 bits per heavy atom. The monoisotopic (exact) mass is 279 g/mol. The van der Waals surface area contributed by atoms with Gasteiger partial charge in [-0.3, -0.25) is 0 Å². The molecule has 0 spiro atoms. The van der Waals surface area contributed by atoms with E-state index in [-0.39, 0.29) is 17.9 Å². The van der Waals surface area contributed by atoms with Gasteiger partial charge in [-0.2, -0.15) is 4.68 Å². The van der Waals surface area contributed by atoms with Crippen molar-refractivity contribution < 1.29 is 18.8 Å². The molecule has 0 radical (unpaired) electrons. The van der Waals surface area contributed by atoms with E-state index in [1.54, 1.807) is 0 Å². The Bertz CT molecular complexity index is 668. The zero-order chi connectivity index (χ0) is 14.7. The topological polar surface area (TPSA) is 87.3 Å². The van der Waals surface area contributed by atoms with E-state index in [1.807, 2.05) is 0 Å². The van der Waals surface area contributed by atoms with Gasteiger partial charge in [-0.25, -0.2) is 9.18 Å². The molecule has 0 saturated heterocycles. The molecule has 8 heteroatoms. The van der Waals surface area contributed by atoms with Crippen LogP contribution in [0, 0.1) is 15.9 Å². The lowest BCUT2D eigenvalue weighted by molar-refractivity contribution is -0.389. The molecule has 0 fully saturated rings. The second kappa shape index (κ2) is 5.47. The quantitative estimate of drug-likeness (QED) is 0.483. The van der Waals surface area contributed by atoms with Crippen molar-refractivity contribution in [2.45, 2.75) is 6.54 Å². The fourth-order valence-electron chi connectivity index (χ4n) is 1.66. The average Bonchev–Trinajstić information content (AvgIpc) is 2.87. The van der Waals surface area contributed by atoms with Crippen molar-refractivity contribution in [3.05, 3.63) is 57.5 Å². The Morgan fingerprint density at radius 2 is 2.25 bits per heavy atom. The van der Waals surface area contributed by atoms with Crippen LogP contribution in [0.25, 0.3) is 0 Å². The zero-order valence-corrected chi connectivity index (χ0v) is 10.4. The predicted molar refractivity (Wildman–Crippen MR) is 65.7 cm³/mol. The molecule has 1 aromatic carbocycles. The van der Waals surface area contributed by atoms with Gasteiger partial charge in [0.05, 0.1) is 36.6 Å². The minimum Gasteiger partial charge on any atom is -0.465 e. The van der Waals surface area contributed by atoms with Gasteiger partial charge in [0.1, 0.15) is 5.82 Å². The van der Waals surface area contributed by atoms with Gasteiger partial charge in [0, 0.05) is 0 Å². The first kappa shape index (κ1) is 13.7. The van der Waals surface area contributed by atoms with Crippen LogP contribution in [0.3, 0.4) is 0 Å². The van der Waals surface area contributed by atoms with Gasteiger partial charge < -0.3 is 14.9 Å². The SMILES string of the molecule is COC(=O)c1ccc(Cn2ccc([N+](=O)[O-])n2)cc1F. The second-order valence-corrected chi connectivity index (χ2v) is 3.93. The van der Waals surface area contributed by atoms with Crippen LogP contribution in [0.15, 0.2) is 30.5 Å². The summed E-state index contributed by atoms with van der Waals surface area (Å²) in [5, 5.41) is 14.2. The van der Waals surface area contributed by atoms with E-state index in [0.29, 0.717) is 5.56 Å². The highest BCUT2D eigenvalue weighted by Gasteiger charge is 2.14. The number of methoxy groups -OCH3 is 1. The van der Waals surface area contributed by atoms with Crippen LogP contribution in [0.5, 0.6) is 0 Å². The number of carbonyl (C=O) groups excluding carboxylic acids is 1. The summed E-state index contributed by atoms with van der Waals surface area (Å²) in [6, 6.07) is 5.25. The summed E-state index contributed by atoms with van der Waals surface area (Å²) in [5.74, 6) is -1.75. The van der Waals surface area contributed by atoms with Crippen molar-refractivity contribution in [1.82, 2.24) is 9.78 Å². The molecular weight excluding hydrogens is 269 g/mol. The highest BCUT2D eigenvalue weighted by atomic mass is 19.1. The summed E-state index contributed by atoms with van der Waals surface area (Å²) >= 11 is 0. The molecule has 0 bridgehead atoms. The van der Waals surface area contributed by atoms with Crippen LogP contribution in [0.4, 0.5) is 10.2 Å². The van der Waals surface area contributed by atoms with Gasteiger partial charge >= 0.3 is 11.8 Å². The lowest BCUT2D eigenvalue weighted by Crippen LogP contribution is -2.06. The third-order valence-corrected chi connectivity index (χ3v) is 2.60. The summed E-state index contributed by atoms with van der Waals surface area (Å²) in [4.78, 5) is 21.1. The van der Waals surface area contributed by atoms with E-state index in [9.17, 15) is 19.3 Å². The van der Waals surface area contributed by atoms with Crippen LogP contribution in [-0.4, -0.2) is 27.8 Å². The summed E-state index contributed by atoms with van der Waals surface area (Å²) in [6.07, 6.45) is 1.42. The number of ether oxygens (including phenoxy) is 1. The Hall–Kier alpha value is -2.77. The van der Waals surface area contributed by atoms with Crippen molar-refractivity contribution in [2.75, 3.05) is 7.11 Å². The van der Waals surface area contributed by atoms with Crippen LogP contribution < -0.4 is 0 Å². The fraction of sp³-hybridized carbons (Fsp3) is 0.167. The Labute approximate surface area is 112 Å². The molecule has 0 N–H and O–H groups in total. The van der Waals surface area contributed by atoms with Crippen LogP contribution >= 0.6 is 0 Å². The molecule has 2 rings (SSSR count). The third kappa shape index (κ3) is 2.79. The molecule has 0 unspecified atom stereocenters. The number of hydrogen-bond acceptors (Lipinski definition) is 5. The van der Waals surface area contributed by atoms with Crippen molar-refractivity contribution in [1.29, 1.82) is 0 Å². The molecule has 0 aliphatic carbocycles. The third-order valence-electron chi connectivity index (χ3n) is 2.60. The van der Waals surface area contributed by atoms with Gasteiger partial charge in [-0.05, 0) is 22.6 Å². The van der Waals surface area contributed by atoms with E-state index in [1.165, 1.54) is 42.3 Å². The summed E-state index contributed by atoms with van der Waals surface area (Å²) in [7, 11) is 1.17. The molecule has 1 heterocycles. The van der Waals surface area contributed by atoms with Gasteiger partial charge in [0.15, 0.2) is 0 Å². The Morgan fingerprint density at radius 3 is 2.80 bits per heavy atom. The Balaban J connectivity index is 2.19. The molecule has 0 aliphatic rings. The van der Waals surface area contributed by atoms with Gasteiger partial charge in [0.25, 0.3) is 0 Å². The van der Waals surface area contributed by atoms with E-state index in [0.717, 1.165) is 0 Å². The molecule has 0 amide bonds. The number of nitro groups is 1. The first-order valence-corrected chi connectivity index (χ1v) is 5.56. The normalized spacial score (nSPS) is 10.3. The molecule has 0 atom stereocenters. The van der Waals surface area contributed by atoms with Gasteiger partial charge in [-0.15, -0.1) is 0 Å². The number of hydrogen-bond donors (Lipinski definition) is 0. The van der Waals surface area contributed by atoms with Gasteiger partial charge in [-0.1, -0.05) is 6.07 Å². The van der Waals surface area contributed by atoms with E-state index >= 15 is 0 Å². The number of halogens is 1. The summed E-state index contributed by atoms with van der Waals surface area (Å²) in [6.45, 7) is 0.159. The summed E-state index contributed by atoms with van der Waals surface area (Å²) < 4.78 is 19.4. The second-order valence-electron chi connectivity index (χ2n) is 3.93. The maximum Gasteiger partial charge on any atom is 0.389 e. The van der Waals surface area contributed by atoms with E-state index < -0.39 is 16.7 Å². The van der Waals surface area contributed by atoms with Crippen LogP contribution in [-0.2, 0) is 11.3 Å². The molecule has 2 aromatic rings. The van der Waals surface area contributed by atoms with Crippen LogP contribution in [0.1, 0.15) is 15.9 Å². The molecule has 20 heavy (non-hydrogen) atoms. The number of nitrogens with zero attached hydrogens (tertiary/aromatic N) is 3. The molecular formula is C12H10FN3O4. The molecule has 0 saturated carbocycles. The lowest BCUT2D eigenvalue weighted by atomic mass is 10.1. The van der Waals surface area contributed by atoms with Crippen molar-refractivity contribution in [3.63, 3.8) is 0 Å². The number of carbonyl (C=O) groups is 1. The molecule has 0 aliphatic heterocycles. The maximum atomic E-state index is 13.7. The predicted octanol–water partition coefficient (Wildman–Crippen LogP) is 1.77. The number of rotatable bonds is 4. The van der Waals surface area contributed by atoms with E-state index in [2.05, 4.69) is 9.84 Å². The summed E-state index contributed by atoms with van der Waals surface area (Å²) in [5.41, 5.74) is 0.357. The van der Waals surface area contributed by atoms with Gasteiger partial charge in [0.2, 0.25) is 0 Å². The van der Waals surface area contributed by atoms with E-state index in [4.69, 9.17) is 0 Å². The fourth-order valence-corrected chi connectivity index (χ4v) is 1.66. The Kier molecular flexibility index (Phi) is 3.74. The molecule has 104 valence electrons. The minimum absolute atomic E-state index is 0.159. The number of aromatic nitrogens is 2. The first-order chi connectivity index (χ1) is 9.51. The molecule has 1 aromatic heterocycles. The van der Waals surface area contributed by atoms with Crippen molar-refractivity contribution in [2.24, 2.45) is 0 Å². The first-order valence-electron chi connectivity index (χ1n) is 5.56. The van der Waals surface area contributed by atoms with Crippen molar-refractivity contribution >= 4 is 11.8 Å². The minimum atomic E-state index is -0.760. The standard InChI is InChI=1S/C12H10FN3O4/c1-20-12(17)9-3-2-8(6-10(9)13)7-15-5-4-11(14-15)16(18)19/h2-6H,7H2,1H3.